The summed E-state index contributed by atoms with van der Waals surface area (Å²) in [7, 11) is 0. The fraction of sp³-hybridized carbons (Fsp3) is 1.00. The molecule has 0 bridgehead atoms. The standard InChI is InChI=1S/C15H33N/c1-10-14(6,7)11-15(8,9)16(12(2)3)13(4)5/h12-13H,10-11H2,1-9H3. The van der Waals surface area contributed by atoms with Crippen LogP contribution in [0, 0.1) is 5.41 Å². The molecule has 0 N–H and O–H groups in total. The monoisotopic (exact) mass is 227 g/mol. The van der Waals surface area contributed by atoms with Crippen LogP contribution in [0.3, 0.4) is 0 Å². The van der Waals surface area contributed by atoms with Crippen molar-refractivity contribution in [2.24, 2.45) is 5.41 Å². The number of rotatable bonds is 6. The quantitative estimate of drug-likeness (QED) is 0.635. The van der Waals surface area contributed by atoms with Crippen molar-refractivity contribution < 1.29 is 0 Å². The maximum absolute atomic E-state index is 2.64. The third-order valence-electron chi connectivity index (χ3n) is 3.68. The van der Waals surface area contributed by atoms with Gasteiger partial charge in [-0.3, -0.25) is 4.90 Å². The summed E-state index contributed by atoms with van der Waals surface area (Å²) in [5.74, 6) is 0. The summed E-state index contributed by atoms with van der Waals surface area (Å²) in [6, 6.07) is 1.23. The van der Waals surface area contributed by atoms with E-state index in [-0.39, 0.29) is 5.54 Å². The summed E-state index contributed by atoms with van der Waals surface area (Å²) in [4.78, 5) is 2.64. The molecule has 0 fully saturated rings. The van der Waals surface area contributed by atoms with Gasteiger partial charge < -0.3 is 0 Å². The van der Waals surface area contributed by atoms with E-state index in [2.05, 4.69) is 67.2 Å². The van der Waals surface area contributed by atoms with Crippen molar-refractivity contribution in [2.45, 2.75) is 92.8 Å². The Kier molecular flexibility index (Phi) is 5.52. The summed E-state index contributed by atoms with van der Waals surface area (Å²) in [6.45, 7) is 21.1. The highest BCUT2D eigenvalue weighted by Crippen LogP contribution is 2.36. The van der Waals surface area contributed by atoms with E-state index in [0.717, 1.165) is 0 Å². The van der Waals surface area contributed by atoms with Gasteiger partial charge in [-0.2, -0.15) is 0 Å². The highest BCUT2D eigenvalue weighted by molar-refractivity contribution is 4.90. The van der Waals surface area contributed by atoms with Gasteiger partial charge >= 0.3 is 0 Å². The minimum absolute atomic E-state index is 0.280. The van der Waals surface area contributed by atoms with Crippen LogP contribution in [0.5, 0.6) is 0 Å². The molecule has 0 aliphatic carbocycles. The molecule has 0 spiro atoms. The largest absolute Gasteiger partial charge is 0.293 e. The first-order chi connectivity index (χ1) is 7.03. The maximum atomic E-state index is 2.64. The van der Waals surface area contributed by atoms with Gasteiger partial charge in [0.1, 0.15) is 0 Å². The van der Waals surface area contributed by atoms with Crippen molar-refractivity contribution in [2.75, 3.05) is 0 Å². The lowest BCUT2D eigenvalue weighted by molar-refractivity contribution is 0.0177. The van der Waals surface area contributed by atoms with Crippen molar-refractivity contribution in [1.29, 1.82) is 0 Å². The van der Waals surface area contributed by atoms with Gasteiger partial charge in [0.15, 0.2) is 0 Å². The Morgan fingerprint density at radius 1 is 0.875 bits per heavy atom. The van der Waals surface area contributed by atoms with E-state index in [1.807, 2.05) is 0 Å². The van der Waals surface area contributed by atoms with E-state index < -0.39 is 0 Å². The molecule has 1 nitrogen and oxygen atoms in total. The van der Waals surface area contributed by atoms with Crippen LogP contribution in [0.15, 0.2) is 0 Å². The van der Waals surface area contributed by atoms with Crippen LogP contribution in [0.25, 0.3) is 0 Å². The van der Waals surface area contributed by atoms with Crippen LogP contribution in [-0.4, -0.2) is 22.5 Å². The SMILES string of the molecule is CCC(C)(C)CC(C)(C)N(C(C)C)C(C)C. The molecule has 0 rings (SSSR count). The summed E-state index contributed by atoms with van der Waals surface area (Å²) in [5.41, 5.74) is 0.716. The molecule has 0 aromatic carbocycles. The molecule has 0 heterocycles. The lowest BCUT2D eigenvalue weighted by Crippen LogP contribution is -2.53. The van der Waals surface area contributed by atoms with Crippen LogP contribution < -0.4 is 0 Å². The number of hydrogen-bond donors (Lipinski definition) is 0. The Labute approximate surface area is 104 Å². The third kappa shape index (κ3) is 4.45. The smallest absolute Gasteiger partial charge is 0.0163 e. The Bertz CT molecular complexity index is 193. The number of nitrogens with zero attached hydrogens (tertiary/aromatic N) is 1. The van der Waals surface area contributed by atoms with Gasteiger partial charge in [0, 0.05) is 17.6 Å². The highest BCUT2D eigenvalue weighted by atomic mass is 15.2. The molecular weight excluding hydrogens is 194 g/mol. The second kappa shape index (κ2) is 5.53. The average molecular weight is 227 g/mol. The topological polar surface area (TPSA) is 3.24 Å². The fourth-order valence-electron chi connectivity index (χ4n) is 3.38. The molecular formula is C15H33N. The zero-order valence-corrected chi connectivity index (χ0v) is 13.0. The summed E-state index contributed by atoms with van der Waals surface area (Å²) in [6.07, 6.45) is 2.51. The number of hydrogen-bond acceptors (Lipinski definition) is 1. The van der Waals surface area contributed by atoms with Crippen LogP contribution in [0.1, 0.15) is 75.2 Å². The Balaban J connectivity index is 4.86. The second-order valence-electron chi connectivity index (χ2n) is 7.10. The molecule has 0 unspecified atom stereocenters. The van der Waals surface area contributed by atoms with Crippen LogP contribution in [-0.2, 0) is 0 Å². The molecule has 16 heavy (non-hydrogen) atoms. The van der Waals surface area contributed by atoms with Crippen LogP contribution in [0.4, 0.5) is 0 Å². The van der Waals surface area contributed by atoms with Crippen LogP contribution >= 0.6 is 0 Å². The van der Waals surface area contributed by atoms with Gasteiger partial charge in [-0.05, 0) is 53.4 Å². The van der Waals surface area contributed by atoms with E-state index in [1.165, 1.54) is 12.8 Å². The zero-order valence-electron chi connectivity index (χ0n) is 13.0. The molecule has 0 aromatic rings. The van der Waals surface area contributed by atoms with Crippen LogP contribution in [0.2, 0.25) is 0 Å². The van der Waals surface area contributed by atoms with Gasteiger partial charge in [0.2, 0.25) is 0 Å². The van der Waals surface area contributed by atoms with Gasteiger partial charge in [0.05, 0.1) is 0 Å². The van der Waals surface area contributed by atoms with Crippen molar-refractivity contribution >= 4 is 0 Å². The molecule has 0 aliphatic rings. The van der Waals surface area contributed by atoms with E-state index in [4.69, 9.17) is 0 Å². The van der Waals surface area contributed by atoms with Gasteiger partial charge in [0.25, 0.3) is 0 Å². The van der Waals surface area contributed by atoms with Gasteiger partial charge in [-0.15, -0.1) is 0 Å². The molecule has 0 aromatic heterocycles. The summed E-state index contributed by atoms with van der Waals surface area (Å²) < 4.78 is 0. The van der Waals surface area contributed by atoms with Gasteiger partial charge in [-0.1, -0.05) is 27.2 Å². The zero-order chi connectivity index (χ0) is 13.1. The van der Waals surface area contributed by atoms with Gasteiger partial charge in [-0.25, -0.2) is 0 Å². The molecule has 0 saturated heterocycles. The lowest BCUT2D eigenvalue weighted by atomic mass is 9.76. The van der Waals surface area contributed by atoms with Crippen molar-refractivity contribution in [3.8, 4) is 0 Å². The van der Waals surface area contributed by atoms with Crippen molar-refractivity contribution in [3.05, 3.63) is 0 Å². The normalized spacial score (nSPS) is 14.2. The summed E-state index contributed by atoms with van der Waals surface area (Å²) in [5, 5.41) is 0. The minimum atomic E-state index is 0.280. The first-order valence-corrected chi connectivity index (χ1v) is 6.82. The third-order valence-corrected chi connectivity index (χ3v) is 3.68. The Morgan fingerprint density at radius 3 is 1.50 bits per heavy atom. The van der Waals surface area contributed by atoms with E-state index in [1.54, 1.807) is 0 Å². The summed E-state index contributed by atoms with van der Waals surface area (Å²) >= 11 is 0. The first-order valence-electron chi connectivity index (χ1n) is 6.82. The van der Waals surface area contributed by atoms with E-state index in [9.17, 15) is 0 Å². The molecule has 0 aliphatic heterocycles. The Hall–Kier alpha value is -0.0400. The van der Waals surface area contributed by atoms with E-state index >= 15 is 0 Å². The first kappa shape index (κ1) is 16.0. The van der Waals surface area contributed by atoms with Crippen molar-refractivity contribution in [1.82, 2.24) is 4.90 Å². The molecule has 0 atom stereocenters. The van der Waals surface area contributed by atoms with E-state index in [0.29, 0.717) is 17.5 Å². The second-order valence-corrected chi connectivity index (χ2v) is 7.10. The molecule has 1 heteroatoms. The lowest BCUT2D eigenvalue weighted by Gasteiger charge is -2.47. The molecule has 0 amide bonds. The molecule has 0 saturated carbocycles. The van der Waals surface area contributed by atoms with Crippen molar-refractivity contribution in [3.63, 3.8) is 0 Å². The maximum Gasteiger partial charge on any atom is 0.0163 e. The highest BCUT2D eigenvalue weighted by Gasteiger charge is 2.35. The minimum Gasteiger partial charge on any atom is -0.293 e. The average Bonchev–Trinajstić information content (AvgIpc) is 1.99. The Morgan fingerprint density at radius 2 is 1.25 bits per heavy atom. The predicted molar refractivity (Wildman–Crippen MR) is 74.9 cm³/mol. The predicted octanol–water partition coefficient (Wildman–Crippen LogP) is 4.71. The molecule has 98 valence electrons. The molecule has 0 radical (unpaired) electrons. The fourth-order valence-corrected chi connectivity index (χ4v) is 3.38.